The molecule has 0 atom stereocenters. The number of benzene rings is 2. The number of carbonyl (C=O) groups excluding carboxylic acids is 1. The zero-order valence-corrected chi connectivity index (χ0v) is 29.9. The number of fused-ring (bicyclic) bond motifs is 2. The first kappa shape index (κ1) is 35.9. The van der Waals surface area contributed by atoms with Crippen LogP contribution in [0.25, 0.3) is 44.3 Å². The molecule has 0 amide bonds. The van der Waals surface area contributed by atoms with Crippen molar-refractivity contribution in [3.8, 4) is 22.5 Å². The summed E-state index contributed by atoms with van der Waals surface area (Å²) >= 11 is 0. The van der Waals surface area contributed by atoms with E-state index in [2.05, 4.69) is 73.2 Å². The average molecular weight is 782 g/mol. The molecule has 0 aliphatic rings. The molecule has 0 spiro atoms. The number of ketones is 1. The topological polar surface area (TPSA) is 76.2 Å². The summed E-state index contributed by atoms with van der Waals surface area (Å²) in [5, 5.41) is 13.1. The Hall–Kier alpha value is -3.60. The molecule has 1 N–H and O–H groups in total. The second kappa shape index (κ2) is 16.1. The van der Waals surface area contributed by atoms with Gasteiger partial charge in [0, 0.05) is 67.1 Å². The van der Waals surface area contributed by atoms with Crippen molar-refractivity contribution >= 4 is 27.5 Å². The molecule has 0 fully saturated rings. The first-order chi connectivity index (χ1) is 21.1. The van der Waals surface area contributed by atoms with Gasteiger partial charge in [0.15, 0.2) is 11.4 Å². The quantitative estimate of drug-likeness (QED) is 0.0916. The largest absolute Gasteiger partial charge is 0.512 e. The van der Waals surface area contributed by atoms with Crippen LogP contribution in [0.2, 0.25) is 0 Å². The summed E-state index contributed by atoms with van der Waals surface area (Å²) in [5.41, 5.74) is 5.78. The van der Waals surface area contributed by atoms with Crippen LogP contribution in [0.1, 0.15) is 79.7 Å². The second-order valence-electron chi connectivity index (χ2n) is 12.3. The van der Waals surface area contributed by atoms with Crippen LogP contribution in [0, 0.1) is 17.9 Å². The van der Waals surface area contributed by atoms with Crippen molar-refractivity contribution in [2.45, 2.75) is 79.6 Å². The van der Waals surface area contributed by atoms with Gasteiger partial charge < -0.3 is 9.52 Å². The summed E-state index contributed by atoms with van der Waals surface area (Å²) in [4.78, 5) is 20.9. The standard InChI is InChI=1S/C26H21N2O.C13H24O2.Ir/c1-26(2,3)22-15-20(14-18-6-4-5-7-21(18)22)23-16-19(9-11-27-23)24-25-17(8-12-28-24)10-13-29-25;1-5-10(6-2)12(14)9-13(15)11(7-3)8-4;/h4-13,15-16H,1-3H3;9-11,14H,5-8H2,1-4H3;/q-1;;/b;12-9-;. The van der Waals surface area contributed by atoms with Crippen molar-refractivity contribution in [1.82, 2.24) is 9.97 Å². The Balaban J connectivity index is 0.000000297. The third-order valence-corrected chi connectivity index (χ3v) is 8.34. The Labute approximate surface area is 281 Å². The summed E-state index contributed by atoms with van der Waals surface area (Å²) in [6.45, 7) is 14.8. The van der Waals surface area contributed by atoms with Gasteiger partial charge in [-0.3, -0.25) is 14.8 Å². The molecule has 0 saturated carbocycles. The van der Waals surface area contributed by atoms with E-state index in [1.165, 1.54) is 17.0 Å². The molecule has 5 aromatic rings. The summed E-state index contributed by atoms with van der Waals surface area (Å²) in [5.74, 6) is 0.547. The zero-order chi connectivity index (χ0) is 31.9. The van der Waals surface area contributed by atoms with E-state index in [1.54, 1.807) is 6.26 Å². The minimum Gasteiger partial charge on any atom is -0.512 e. The molecule has 3 heterocycles. The van der Waals surface area contributed by atoms with E-state index in [4.69, 9.17) is 4.42 Å². The molecule has 0 aliphatic heterocycles. The number of allylic oxidation sites excluding steroid dienone is 2. The summed E-state index contributed by atoms with van der Waals surface area (Å²) in [6, 6.07) is 22.1. The second-order valence-corrected chi connectivity index (χ2v) is 12.3. The number of aromatic nitrogens is 2. The Bertz CT molecular complexity index is 1740. The summed E-state index contributed by atoms with van der Waals surface area (Å²) in [7, 11) is 0. The van der Waals surface area contributed by atoms with Crippen LogP contribution in [0.3, 0.4) is 0 Å². The van der Waals surface area contributed by atoms with Crippen molar-refractivity contribution in [3.63, 3.8) is 0 Å². The molecule has 239 valence electrons. The minimum absolute atomic E-state index is 0. The van der Waals surface area contributed by atoms with E-state index in [9.17, 15) is 9.90 Å². The van der Waals surface area contributed by atoms with E-state index < -0.39 is 0 Å². The van der Waals surface area contributed by atoms with Gasteiger partial charge in [-0.05, 0) is 49.3 Å². The smallest absolute Gasteiger partial charge is 0.162 e. The molecule has 2 aromatic carbocycles. The molecular formula is C39H45IrN2O3-. The third-order valence-electron chi connectivity index (χ3n) is 8.34. The first-order valence-electron chi connectivity index (χ1n) is 15.8. The molecule has 0 aliphatic carbocycles. The molecule has 45 heavy (non-hydrogen) atoms. The number of aliphatic hydroxyl groups is 1. The number of carbonyl (C=O) groups is 1. The number of furan rings is 1. The fraction of sp³-hybridized carbons (Fsp3) is 0.359. The van der Waals surface area contributed by atoms with Crippen molar-refractivity contribution in [2.24, 2.45) is 11.8 Å². The van der Waals surface area contributed by atoms with E-state index in [1.807, 2.05) is 58.3 Å². The number of pyridine rings is 2. The van der Waals surface area contributed by atoms with Gasteiger partial charge >= 0.3 is 0 Å². The number of hydrogen-bond acceptors (Lipinski definition) is 5. The molecular weight excluding hydrogens is 737 g/mol. The number of hydrogen-bond donors (Lipinski definition) is 1. The van der Waals surface area contributed by atoms with Crippen LogP contribution in [0.5, 0.6) is 0 Å². The van der Waals surface area contributed by atoms with Crippen LogP contribution in [-0.2, 0) is 30.3 Å². The van der Waals surface area contributed by atoms with Gasteiger partial charge in [0.05, 0.1) is 12.0 Å². The summed E-state index contributed by atoms with van der Waals surface area (Å²) < 4.78 is 5.68. The maximum Gasteiger partial charge on any atom is 0.162 e. The minimum atomic E-state index is 0. The van der Waals surface area contributed by atoms with Gasteiger partial charge in [-0.1, -0.05) is 83.7 Å². The summed E-state index contributed by atoms with van der Waals surface area (Å²) in [6.07, 6.45) is 10.2. The molecule has 0 bridgehead atoms. The zero-order valence-electron chi connectivity index (χ0n) is 27.5. The van der Waals surface area contributed by atoms with E-state index in [0.717, 1.165) is 64.6 Å². The van der Waals surface area contributed by atoms with Crippen LogP contribution >= 0.6 is 0 Å². The number of nitrogens with zero attached hydrogens (tertiary/aromatic N) is 2. The molecule has 5 rings (SSSR count). The predicted molar refractivity (Wildman–Crippen MR) is 182 cm³/mol. The molecule has 5 nitrogen and oxygen atoms in total. The predicted octanol–water partition coefficient (Wildman–Crippen LogP) is 10.7. The Morgan fingerprint density at radius 1 is 0.911 bits per heavy atom. The van der Waals surface area contributed by atoms with Crippen LogP contribution in [0.4, 0.5) is 0 Å². The van der Waals surface area contributed by atoms with Crippen LogP contribution in [-0.4, -0.2) is 20.9 Å². The van der Waals surface area contributed by atoms with E-state index in [-0.39, 0.29) is 48.9 Å². The van der Waals surface area contributed by atoms with Crippen molar-refractivity contribution in [3.05, 3.63) is 96.7 Å². The molecule has 3 aromatic heterocycles. The third kappa shape index (κ3) is 8.56. The maximum absolute atomic E-state index is 11.7. The fourth-order valence-electron chi connectivity index (χ4n) is 5.59. The molecule has 1 radical (unpaired) electrons. The normalized spacial score (nSPS) is 11.9. The number of aliphatic hydroxyl groups excluding tert-OH is 1. The van der Waals surface area contributed by atoms with E-state index in [0.29, 0.717) is 0 Å². The van der Waals surface area contributed by atoms with Gasteiger partial charge in [0.25, 0.3) is 0 Å². The maximum atomic E-state index is 11.7. The SMILES string of the molecule is CC(C)(C)c1cc(-c2cc(-c3nccc4ccoc34)ccn2)[c-]c2ccccc12.CCC(CC)C(=O)/C=C(\O)C(CC)CC.[Ir]. The Morgan fingerprint density at radius 3 is 2.24 bits per heavy atom. The number of rotatable bonds is 9. The van der Waals surface area contributed by atoms with Crippen molar-refractivity contribution in [2.75, 3.05) is 0 Å². The van der Waals surface area contributed by atoms with Crippen LogP contribution < -0.4 is 0 Å². The Morgan fingerprint density at radius 2 is 1.58 bits per heavy atom. The average Bonchev–Trinajstić information content (AvgIpc) is 3.51. The van der Waals surface area contributed by atoms with E-state index >= 15 is 0 Å². The Kier molecular flexibility index (Phi) is 12.8. The molecule has 0 saturated heterocycles. The fourth-order valence-corrected chi connectivity index (χ4v) is 5.59. The van der Waals surface area contributed by atoms with Crippen molar-refractivity contribution in [1.29, 1.82) is 0 Å². The molecule has 0 unspecified atom stereocenters. The van der Waals surface area contributed by atoms with Gasteiger partial charge in [-0.15, -0.1) is 29.1 Å². The monoisotopic (exact) mass is 782 g/mol. The van der Waals surface area contributed by atoms with Gasteiger partial charge in [0.2, 0.25) is 0 Å². The van der Waals surface area contributed by atoms with Crippen LogP contribution in [0.15, 0.2) is 89.5 Å². The first-order valence-corrected chi connectivity index (χ1v) is 15.8. The molecule has 6 heteroatoms. The van der Waals surface area contributed by atoms with Crippen molar-refractivity contribution < 1.29 is 34.4 Å². The van der Waals surface area contributed by atoms with Gasteiger partial charge in [-0.25, -0.2) is 0 Å². The van der Waals surface area contributed by atoms with Gasteiger partial charge in [0.1, 0.15) is 5.69 Å². The van der Waals surface area contributed by atoms with Gasteiger partial charge in [-0.2, -0.15) is 0 Å².